The number of fused-ring (bicyclic) bond motifs is 12. The van der Waals surface area contributed by atoms with Crippen molar-refractivity contribution >= 4 is 23.9 Å². The number of nitrogens with zero attached hydrogens (tertiary/aromatic N) is 4. The molecule has 8 N–H and O–H groups in total. The standard InChI is InChI=1S/4C24H38N2O4/c4*1-14(2)9-17-13-26-8-7-16-10-21(28-5)22(29-6)11-18(16)19(26)12-20(17)30-24(27)23(25)15(3)4/h4*10-11,14-15,17,19-20,23H,7-9,12-13,25H2,1-6H3/t4*17?,19?,20?,23-/m0000/s1/i3D3,4D3,5D3,15D,20D,23D;3D3,4D3,5D3,15D,19D,23D;3D3,4D3,15D,20D,23D;3D3,4D3,15D,19D. The molecule has 12 rings (SSSR count). The van der Waals surface area contributed by atoms with Crippen LogP contribution in [-0.2, 0) is 63.8 Å². The number of hydrogen-bond acceptors (Lipinski definition) is 24. The molecule has 4 aromatic rings. The lowest BCUT2D eigenvalue weighted by Crippen LogP contribution is -2.51. The van der Waals surface area contributed by atoms with Crippen molar-refractivity contribution in [3.05, 3.63) is 93.0 Å². The number of nitrogens with two attached hydrogens (primary N) is 4. The van der Waals surface area contributed by atoms with Crippen molar-refractivity contribution in [1.82, 2.24) is 19.6 Å². The first-order valence-electron chi connectivity index (χ1n) is 61.2. The summed E-state index contributed by atoms with van der Waals surface area (Å²) in [6.07, 6.45) is -1.82. The van der Waals surface area contributed by atoms with Crippen LogP contribution >= 0.6 is 0 Å². The first kappa shape index (κ1) is 53.9. The van der Waals surface area contributed by atoms with Crippen LogP contribution in [0, 0.1) is 70.9 Å². The molecule has 0 bridgehead atoms. The van der Waals surface area contributed by atoms with Gasteiger partial charge in [0.25, 0.3) is 0 Å². The fraction of sp³-hybridized carbons (Fsp3) is 0.708. The predicted molar refractivity (Wildman–Crippen MR) is 471 cm³/mol. The van der Waals surface area contributed by atoms with Crippen LogP contribution in [0.4, 0.5) is 0 Å². The number of ether oxygens (including phenoxy) is 12. The lowest BCUT2D eigenvalue weighted by Gasteiger charge is -2.47. The molecule has 12 unspecified atom stereocenters. The summed E-state index contributed by atoms with van der Waals surface area (Å²) in [5.41, 5.74) is 29.1. The fourth-order valence-corrected chi connectivity index (χ4v) is 17.6. The molecule has 4 saturated heterocycles. The van der Waals surface area contributed by atoms with E-state index < -0.39 is 195 Å². The Kier molecular flexibility index (Phi) is 19.7. The molecule has 24 nitrogen and oxygen atoms in total. The Balaban J connectivity index is 0.000000237. The number of hydrogen-bond donors (Lipinski definition) is 4. The van der Waals surface area contributed by atoms with Gasteiger partial charge in [-0.1, -0.05) is 110 Å². The Morgan fingerprint density at radius 3 is 0.958 bits per heavy atom. The zero-order valence-electron chi connectivity index (χ0n) is 112. The number of carbonyl (C=O) groups is 4. The molecule has 16 atom stereocenters. The maximum absolute atomic E-state index is 13.4. The van der Waals surface area contributed by atoms with E-state index in [-0.39, 0.29) is 103 Å². The van der Waals surface area contributed by atoms with Gasteiger partial charge in [0, 0.05) is 164 Å². The van der Waals surface area contributed by atoms with Crippen LogP contribution in [0.3, 0.4) is 0 Å². The highest BCUT2D eigenvalue weighted by Gasteiger charge is 2.47. The molecular formula is C96H152N8O16. The molecule has 672 valence electrons. The molecule has 8 heterocycles. The first-order valence-corrected chi connectivity index (χ1v) is 40.7. The van der Waals surface area contributed by atoms with Crippen LogP contribution in [0.5, 0.6) is 46.0 Å². The third-order valence-corrected chi connectivity index (χ3v) is 23.3. The van der Waals surface area contributed by atoms with Crippen molar-refractivity contribution in [3.8, 4) is 46.0 Å². The number of esters is 4. The largest absolute Gasteiger partial charge is 0.493 e. The van der Waals surface area contributed by atoms with Gasteiger partial charge in [-0.3, -0.25) is 38.8 Å². The minimum Gasteiger partial charge on any atom is -0.493 e. The van der Waals surface area contributed by atoms with Crippen LogP contribution in [0.1, 0.15) is 286 Å². The van der Waals surface area contributed by atoms with E-state index in [1.807, 2.05) is 83.4 Å². The second kappa shape index (κ2) is 43.9. The van der Waals surface area contributed by atoms with E-state index in [9.17, 15) is 24.7 Å². The van der Waals surface area contributed by atoms with Crippen LogP contribution in [-0.4, -0.2) is 201 Å². The predicted octanol–water partition coefficient (Wildman–Crippen LogP) is 14.3. The van der Waals surface area contributed by atoms with Gasteiger partial charge in [-0.05, 0) is 192 Å². The second-order valence-corrected chi connectivity index (χ2v) is 33.3. The van der Waals surface area contributed by atoms with Crippen LogP contribution in [0.15, 0.2) is 48.5 Å². The van der Waals surface area contributed by atoms with Gasteiger partial charge in [0.2, 0.25) is 0 Å². The minimum absolute atomic E-state index is 0.0185. The molecule has 8 aliphatic heterocycles. The normalized spacial score (nSPS) is 34.6. The Morgan fingerprint density at radius 2 is 0.642 bits per heavy atom. The topological polar surface area (TPSA) is 296 Å². The summed E-state index contributed by atoms with van der Waals surface area (Å²) in [5.74, 6) is -19.9. The van der Waals surface area contributed by atoms with Crippen molar-refractivity contribution in [2.75, 3.05) is 109 Å². The van der Waals surface area contributed by atoms with Crippen LogP contribution in [0.25, 0.3) is 0 Å². The number of rotatable bonds is 28. The molecule has 120 heavy (non-hydrogen) atoms. The van der Waals surface area contributed by atoms with E-state index in [1.54, 1.807) is 18.2 Å². The van der Waals surface area contributed by atoms with Crippen LogP contribution < -0.4 is 60.8 Å². The zero-order chi connectivity index (χ0) is 123. The monoisotopic (exact) mass is 1710 g/mol. The molecule has 0 saturated carbocycles. The third kappa shape index (κ3) is 23.8. The van der Waals surface area contributed by atoms with Gasteiger partial charge in [-0.2, -0.15) is 0 Å². The van der Waals surface area contributed by atoms with Crippen molar-refractivity contribution in [3.63, 3.8) is 0 Å². The summed E-state index contributed by atoms with van der Waals surface area (Å²) in [6.45, 7) is -9.37. The molecule has 4 fully saturated rings. The van der Waals surface area contributed by atoms with Gasteiger partial charge in [0.05, 0.1) is 74.6 Å². The molecule has 8 aliphatic rings. The smallest absolute Gasteiger partial charge is 0.323 e. The first-order chi connectivity index (χ1) is 72.9. The van der Waals surface area contributed by atoms with Crippen molar-refractivity contribution in [2.24, 2.45) is 93.9 Å². The van der Waals surface area contributed by atoms with Gasteiger partial charge in [0.1, 0.15) is 48.5 Å². The van der Waals surface area contributed by atoms with Gasteiger partial charge in [-0.15, -0.1) is 0 Å². The average Bonchev–Trinajstić information content (AvgIpc) is 0.715. The number of methoxy groups -OCH3 is 8. The Hall–Kier alpha value is -7.16. The molecule has 24 heteroatoms. The van der Waals surface area contributed by atoms with E-state index in [0.717, 1.165) is 28.7 Å². The molecule has 4 aromatic carbocycles. The van der Waals surface area contributed by atoms with E-state index in [1.165, 1.54) is 54.8 Å². The quantitative estimate of drug-likeness (QED) is 0.0303. The van der Waals surface area contributed by atoms with Crippen molar-refractivity contribution in [1.29, 1.82) is 0 Å². The highest BCUT2D eigenvalue weighted by Crippen LogP contribution is 2.50. The third-order valence-electron chi connectivity index (χ3n) is 23.3. The summed E-state index contributed by atoms with van der Waals surface area (Å²) < 4.78 is 390. The molecular weight excluding hydrogens is 1520 g/mol. The average molecular weight is 1720 g/mol. The summed E-state index contributed by atoms with van der Waals surface area (Å²) >= 11 is 0. The molecule has 0 radical (unpaired) electrons. The molecule has 0 aromatic heterocycles. The van der Waals surface area contributed by atoms with Crippen LogP contribution in [0.2, 0.25) is 0 Å². The van der Waals surface area contributed by atoms with Gasteiger partial charge in [-0.25, -0.2) is 0 Å². The van der Waals surface area contributed by atoms with Gasteiger partial charge in [0.15, 0.2) is 46.0 Å². The SMILES string of the molecule is [2H]C([2H])([2H])Oc1cc2c(cc1OC)C1([2H])CC(OC(=O)[C@@]([2H])(N)C([2H])(C([2H])([2H])[2H])C([2H])([2H])[2H])C(CC(C)C)CN1CC2.[2H]C([2H])([2H])Oc1cc2c(cc1OC)C1CC([2H])(OC(=O)[C@@]([2H])(N)C([2H])(C([2H])([2H])[2H])C([2H])([2H])[2H])C(CC(C)C)CN1CC2.[2H]C1(OC(=O)[C@@]([2H])(N)C([2H])(C([2H])([2H])[2H])C([2H])([2H])[2H])CC2c3cc(OC)c(OC)cc3CCN2CC1CC(C)C.[2H]C12CC(OC(=O)[C@@H](N)C([2H])(C([2H])([2H])[2H])C([2H])([2H])[2H])C(CC(C)C)CN1CCc1cc(OC)c(OC)cc12. The number of piperidine rings is 4. The summed E-state index contributed by atoms with van der Waals surface area (Å²) in [5, 5.41) is 0. The molecule has 0 aliphatic carbocycles. The lowest BCUT2D eigenvalue weighted by molar-refractivity contribution is -0.161. The van der Waals surface area contributed by atoms with Crippen molar-refractivity contribution < 1.29 is 132 Å². The Labute approximate surface area is 776 Å². The van der Waals surface area contributed by atoms with E-state index in [0.29, 0.717) is 129 Å². The van der Waals surface area contributed by atoms with Gasteiger partial charge < -0.3 is 79.8 Å². The highest BCUT2D eigenvalue weighted by atomic mass is 16.6. The Bertz CT molecular complexity index is 5760. The maximum atomic E-state index is 13.4. The highest BCUT2D eigenvalue weighted by molar-refractivity contribution is 5.77. The Morgan fingerprint density at radius 1 is 0.367 bits per heavy atom. The fourth-order valence-electron chi connectivity index (χ4n) is 17.6. The van der Waals surface area contributed by atoms with Gasteiger partial charge >= 0.3 is 23.9 Å². The minimum atomic E-state index is -3.75. The van der Waals surface area contributed by atoms with E-state index >= 15 is 0 Å². The maximum Gasteiger partial charge on any atom is 0.323 e. The van der Waals surface area contributed by atoms with E-state index in [4.69, 9.17) is 130 Å². The zero-order valence-corrected chi connectivity index (χ0v) is 71.4. The molecule has 0 amide bonds. The van der Waals surface area contributed by atoms with E-state index in [2.05, 4.69) is 9.80 Å². The van der Waals surface area contributed by atoms with Crippen molar-refractivity contribution in [2.45, 2.75) is 260 Å². The second-order valence-electron chi connectivity index (χ2n) is 33.3. The summed E-state index contributed by atoms with van der Waals surface area (Å²) in [6, 6.07) is -3.09. The lowest BCUT2D eigenvalue weighted by atomic mass is 9.79. The number of carbonyl (C=O) groups excluding carboxylic acids is 4. The molecule has 0 spiro atoms. The summed E-state index contributed by atoms with van der Waals surface area (Å²) in [7, 11) is 3.32. The summed E-state index contributed by atoms with van der Waals surface area (Å²) in [4.78, 5) is 61.6. The number of benzene rings is 4.